The topological polar surface area (TPSA) is 0 Å². The molecule has 17 rings (SSSR count). The maximum atomic E-state index is 2.61. The lowest BCUT2D eigenvalue weighted by atomic mass is 9.78. The van der Waals surface area contributed by atoms with Crippen LogP contribution in [0.15, 0.2) is 218 Å². The SMILES string of the molecule is CC1(C)c2cc3c(cc2-c2cc4c(cc21)-c1c(cc(-c2ccc5sc6c(-c7ccccc7)cccc6c5c2)c2ccccc12)C4(C)C)C(C)(C)c1cc(-c2ccc4sc5c(-c6ccccc6)cccc5c4c2)c2ccccc2c1-3. The molecule has 0 saturated carbocycles. The van der Waals surface area contributed by atoms with Crippen molar-refractivity contribution in [2.75, 3.05) is 0 Å². The minimum Gasteiger partial charge on any atom is -0.135 e. The summed E-state index contributed by atoms with van der Waals surface area (Å²) in [6.45, 7) is 14.8. The summed E-state index contributed by atoms with van der Waals surface area (Å²) in [5.41, 5.74) is 26.5. The second kappa shape index (κ2) is 15.9. The Hall–Kier alpha value is -8.40. The molecular weight excluding hydrogens is 989 g/mol. The zero-order chi connectivity index (χ0) is 52.8. The minimum atomic E-state index is -0.223. The molecule has 0 unspecified atom stereocenters. The van der Waals surface area contributed by atoms with Gasteiger partial charge in [-0.15, -0.1) is 22.7 Å². The molecule has 2 heteroatoms. The van der Waals surface area contributed by atoms with Crippen molar-refractivity contribution in [3.05, 3.63) is 252 Å². The Balaban J connectivity index is 0.789. The summed E-state index contributed by atoms with van der Waals surface area (Å²) in [5.74, 6) is 0. The Morgan fingerprint density at radius 1 is 0.228 bits per heavy atom. The zero-order valence-electron chi connectivity index (χ0n) is 45.1. The van der Waals surface area contributed by atoms with Gasteiger partial charge in [0.05, 0.1) is 0 Å². The van der Waals surface area contributed by atoms with E-state index >= 15 is 0 Å². The molecule has 12 aromatic carbocycles. The van der Waals surface area contributed by atoms with Gasteiger partial charge in [0.1, 0.15) is 0 Å². The summed E-state index contributed by atoms with van der Waals surface area (Å²) in [5, 5.41) is 10.6. The third-order valence-electron chi connectivity index (χ3n) is 19.1. The number of hydrogen-bond donors (Lipinski definition) is 0. The molecule has 374 valence electrons. The molecule has 0 fully saturated rings. The monoisotopic (exact) mass is 1040 g/mol. The van der Waals surface area contributed by atoms with Gasteiger partial charge in [-0.1, -0.05) is 199 Å². The van der Waals surface area contributed by atoms with Gasteiger partial charge in [-0.25, -0.2) is 0 Å². The van der Waals surface area contributed by atoms with Crippen LogP contribution in [0, 0.1) is 0 Å². The van der Waals surface area contributed by atoms with Gasteiger partial charge < -0.3 is 0 Å². The maximum absolute atomic E-state index is 2.61. The number of rotatable bonds is 4. The van der Waals surface area contributed by atoms with Gasteiger partial charge in [0.2, 0.25) is 0 Å². The van der Waals surface area contributed by atoms with Gasteiger partial charge in [0.15, 0.2) is 0 Å². The molecule has 2 heterocycles. The Kier molecular flexibility index (Phi) is 9.17. The van der Waals surface area contributed by atoms with Crippen molar-refractivity contribution in [2.24, 2.45) is 0 Å². The molecule has 0 spiro atoms. The van der Waals surface area contributed by atoms with Gasteiger partial charge in [0, 0.05) is 56.6 Å². The summed E-state index contributed by atoms with van der Waals surface area (Å²) < 4.78 is 5.36. The third-order valence-corrected chi connectivity index (χ3v) is 21.5. The van der Waals surface area contributed by atoms with Crippen LogP contribution in [0.4, 0.5) is 0 Å². The molecule has 3 aliphatic rings. The molecule has 79 heavy (non-hydrogen) atoms. The van der Waals surface area contributed by atoms with Gasteiger partial charge in [-0.2, -0.15) is 0 Å². The van der Waals surface area contributed by atoms with Crippen molar-refractivity contribution in [1.82, 2.24) is 0 Å². The summed E-state index contributed by atoms with van der Waals surface area (Å²) >= 11 is 3.82. The Bertz CT molecular complexity index is 4700. The zero-order valence-corrected chi connectivity index (χ0v) is 46.7. The van der Waals surface area contributed by atoms with E-state index in [0.717, 1.165) is 0 Å². The van der Waals surface area contributed by atoms with E-state index < -0.39 is 0 Å². The molecule has 0 nitrogen and oxygen atoms in total. The van der Waals surface area contributed by atoms with Crippen LogP contribution in [-0.4, -0.2) is 0 Å². The lowest BCUT2D eigenvalue weighted by molar-refractivity contribution is 0.649. The van der Waals surface area contributed by atoms with E-state index in [2.05, 4.69) is 260 Å². The van der Waals surface area contributed by atoms with Crippen molar-refractivity contribution in [2.45, 2.75) is 57.8 Å². The highest BCUT2D eigenvalue weighted by Gasteiger charge is 2.45. The normalized spacial score (nSPS) is 15.0. The fraction of sp³-hybridized carbons (Fsp3) is 0.117. The van der Waals surface area contributed by atoms with E-state index in [-0.39, 0.29) is 16.2 Å². The summed E-state index contributed by atoms with van der Waals surface area (Å²) in [6.07, 6.45) is 0. The van der Waals surface area contributed by atoms with Crippen LogP contribution in [0.1, 0.15) is 74.9 Å². The first kappa shape index (κ1) is 45.6. The molecule has 0 bridgehead atoms. The number of benzene rings is 12. The molecule has 0 N–H and O–H groups in total. The van der Waals surface area contributed by atoms with Crippen LogP contribution in [0.25, 0.3) is 140 Å². The summed E-state index contributed by atoms with van der Waals surface area (Å²) in [4.78, 5) is 0. The molecule has 3 aliphatic carbocycles. The van der Waals surface area contributed by atoms with Crippen LogP contribution in [0.3, 0.4) is 0 Å². The fourth-order valence-electron chi connectivity index (χ4n) is 15.0. The third kappa shape index (κ3) is 6.14. The Morgan fingerprint density at radius 3 is 1.00 bits per heavy atom. The van der Waals surface area contributed by atoms with E-state index in [1.807, 2.05) is 22.7 Å². The molecule has 0 saturated heterocycles. The van der Waals surface area contributed by atoms with Gasteiger partial charge in [-0.05, 0) is 193 Å². The molecule has 0 amide bonds. The van der Waals surface area contributed by atoms with E-state index in [4.69, 9.17) is 0 Å². The molecule has 0 atom stereocenters. The van der Waals surface area contributed by atoms with E-state index in [1.54, 1.807) is 0 Å². The van der Waals surface area contributed by atoms with Gasteiger partial charge in [-0.3, -0.25) is 0 Å². The first-order valence-electron chi connectivity index (χ1n) is 28.0. The first-order chi connectivity index (χ1) is 38.4. The van der Waals surface area contributed by atoms with E-state index in [0.29, 0.717) is 0 Å². The van der Waals surface area contributed by atoms with Crippen molar-refractivity contribution in [3.8, 4) is 77.9 Å². The second-order valence-corrected chi connectivity index (χ2v) is 26.4. The average Bonchev–Trinajstić information content (AvgIpc) is 2.75. The lowest BCUT2D eigenvalue weighted by Crippen LogP contribution is -2.17. The molecule has 14 aromatic rings. The molecular formula is C77H54S2. The average molecular weight is 1040 g/mol. The quantitative estimate of drug-likeness (QED) is 0.165. The first-order valence-corrected chi connectivity index (χ1v) is 29.6. The highest BCUT2D eigenvalue weighted by molar-refractivity contribution is 7.26. The van der Waals surface area contributed by atoms with E-state index in [9.17, 15) is 0 Å². The van der Waals surface area contributed by atoms with Crippen LogP contribution in [0.2, 0.25) is 0 Å². The van der Waals surface area contributed by atoms with Crippen molar-refractivity contribution < 1.29 is 0 Å². The predicted octanol–water partition coefficient (Wildman–Crippen LogP) is 22.3. The standard InChI is InChI=1S/C77H54S2/c1-75(2)63-41-61-65(76(3,4)67-37-55(49-23-13-15-25-51(49)71(61)67)45-31-33-69-59(35-45)53-29-17-27-47(73(53)78-69)43-19-9-7-10-20-43)39-57(63)58-40-66-62(42-64(58)75)72-52-26-16-14-24-50(52)56(38-68(72)77(66,5)6)46-32-34-70-60(36-46)54-30-18-28-48(74(54)79-70)44-21-11-8-12-22-44/h7-42H,1-6H3. The van der Waals surface area contributed by atoms with Crippen LogP contribution < -0.4 is 0 Å². The number of hydrogen-bond acceptors (Lipinski definition) is 2. The lowest BCUT2D eigenvalue weighted by Gasteiger charge is -2.25. The highest BCUT2D eigenvalue weighted by atomic mass is 32.1. The second-order valence-electron chi connectivity index (χ2n) is 24.3. The predicted molar refractivity (Wildman–Crippen MR) is 342 cm³/mol. The largest absolute Gasteiger partial charge is 0.135 e. The summed E-state index contributed by atoms with van der Waals surface area (Å²) in [7, 11) is 0. The van der Waals surface area contributed by atoms with Crippen LogP contribution in [0.5, 0.6) is 0 Å². The van der Waals surface area contributed by atoms with Crippen molar-refractivity contribution in [1.29, 1.82) is 0 Å². The number of fused-ring (bicyclic) bond motifs is 19. The summed E-state index contributed by atoms with van der Waals surface area (Å²) in [6, 6.07) is 83.7. The highest BCUT2D eigenvalue weighted by Crippen LogP contribution is 2.62. The maximum Gasteiger partial charge on any atom is 0.0433 e. The molecule has 0 radical (unpaired) electrons. The Morgan fingerprint density at radius 2 is 0.570 bits per heavy atom. The number of thiophene rings is 2. The minimum absolute atomic E-state index is 0.210. The smallest absolute Gasteiger partial charge is 0.0433 e. The van der Waals surface area contributed by atoms with Crippen molar-refractivity contribution >= 4 is 84.6 Å². The van der Waals surface area contributed by atoms with Crippen LogP contribution in [-0.2, 0) is 16.2 Å². The van der Waals surface area contributed by atoms with Crippen molar-refractivity contribution in [3.63, 3.8) is 0 Å². The van der Waals surface area contributed by atoms with Gasteiger partial charge >= 0.3 is 0 Å². The van der Waals surface area contributed by atoms with Gasteiger partial charge in [0.25, 0.3) is 0 Å². The molecule has 2 aromatic heterocycles. The molecule has 0 aliphatic heterocycles. The fourth-order valence-corrected chi connectivity index (χ4v) is 17.4. The van der Waals surface area contributed by atoms with E-state index in [1.165, 1.54) is 173 Å². The van der Waals surface area contributed by atoms with Crippen LogP contribution >= 0.6 is 22.7 Å². The Labute approximate surface area is 468 Å².